The molecule has 0 aliphatic heterocycles. The second-order valence-electron chi connectivity index (χ2n) is 8.08. The van der Waals surface area contributed by atoms with Gasteiger partial charge in [0.05, 0.1) is 19.1 Å². The van der Waals surface area contributed by atoms with Crippen LogP contribution in [0.2, 0.25) is 0 Å². The predicted molar refractivity (Wildman–Crippen MR) is 129 cm³/mol. The lowest BCUT2D eigenvalue weighted by atomic mass is 10.1. The lowest BCUT2D eigenvalue weighted by Gasteiger charge is -2.32. The van der Waals surface area contributed by atoms with Gasteiger partial charge in [-0.15, -0.1) is 0 Å². The van der Waals surface area contributed by atoms with E-state index in [-0.39, 0.29) is 23.8 Å². The van der Waals surface area contributed by atoms with E-state index in [9.17, 15) is 22.4 Å². The number of amides is 2. The third-order valence-corrected chi connectivity index (χ3v) is 6.63. The zero-order valence-corrected chi connectivity index (χ0v) is 20.9. The van der Waals surface area contributed by atoms with E-state index in [2.05, 4.69) is 5.32 Å². The summed E-state index contributed by atoms with van der Waals surface area (Å²) in [4.78, 5) is 27.4. The van der Waals surface area contributed by atoms with Gasteiger partial charge in [0.25, 0.3) is 0 Å². The minimum Gasteiger partial charge on any atom is -0.497 e. The van der Waals surface area contributed by atoms with Crippen LogP contribution in [0.1, 0.15) is 32.8 Å². The van der Waals surface area contributed by atoms with E-state index in [1.807, 2.05) is 13.8 Å². The summed E-state index contributed by atoms with van der Waals surface area (Å²) in [6.45, 7) is 4.52. The van der Waals surface area contributed by atoms with Crippen LogP contribution in [0.5, 0.6) is 5.75 Å². The first-order valence-electron chi connectivity index (χ1n) is 10.9. The Hall–Kier alpha value is -3.14. The molecule has 2 rings (SSSR count). The Morgan fingerprint density at radius 3 is 2.38 bits per heavy atom. The fraction of sp³-hybridized carbons (Fsp3) is 0.417. The number of rotatable bonds is 11. The van der Waals surface area contributed by atoms with E-state index in [1.54, 1.807) is 18.2 Å². The molecule has 2 amide bonds. The number of carbonyl (C=O) groups excluding carboxylic acids is 2. The topological polar surface area (TPSA) is 96.0 Å². The highest BCUT2D eigenvalue weighted by Gasteiger charge is 2.31. The first-order chi connectivity index (χ1) is 16.0. The molecule has 0 bridgehead atoms. The minimum atomic E-state index is -3.87. The number of benzene rings is 2. The smallest absolute Gasteiger partial charge is 0.244 e. The van der Waals surface area contributed by atoms with Crippen molar-refractivity contribution in [3.05, 3.63) is 59.9 Å². The monoisotopic (exact) mass is 493 g/mol. The molecule has 0 aliphatic rings. The van der Waals surface area contributed by atoms with Crippen molar-refractivity contribution < 1.29 is 27.1 Å². The van der Waals surface area contributed by atoms with E-state index < -0.39 is 40.2 Å². The van der Waals surface area contributed by atoms with Gasteiger partial charge in [-0.05, 0) is 38.5 Å². The van der Waals surface area contributed by atoms with Crippen LogP contribution in [0.25, 0.3) is 0 Å². The molecule has 0 radical (unpaired) electrons. The van der Waals surface area contributed by atoms with Crippen molar-refractivity contribution in [1.29, 1.82) is 0 Å². The molecule has 186 valence electrons. The molecular formula is C24H32FN3O5S. The summed E-state index contributed by atoms with van der Waals surface area (Å²) < 4.78 is 45.6. The summed E-state index contributed by atoms with van der Waals surface area (Å²) in [7, 11) is -2.42. The highest BCUT2D eigenvalue weighted by atomic mass is 32.2. The average molecular weight is 494 g/mol. The Labute approximate surface area is 200 Å². The zero-order chi connectivity index (χ0) is 25.5. The van der Waals surface area contributed by atoms with Crippen LogP contribution < -0.4 is 14.4 Å². The van der Waals surface area contributed by atoms with Gasteiger partial charge < -0.3 is 15.0 Å². The second kappa shape index (κ2) is 11.8. The van der Waals surface area contributed by atoms with Crippen LogP contribution >= 0.6 is 0 Å². The van der Waals surface area contributed by atoms with E-state index in [1.165, 1.54) is 49.3 Å². The molecule has 2 aromatic carbocycles. The third kappa shape index (κ3) is 7.18. The number of nitrogens with zero attached hydrogens (tertiary/aromatic N) is 2. The Bertz CT molecular complexity index is 1110. The number of sulfonamides is 1. The Morgan fingerprint density at radius 1 is 1.12 bits per heavy atom. The summed E-state index contributed by atoms with van der Waals surface area (Å²) >= 11 is 0. The molecule has 2 atom stereocenters. The number of carbonyl (C=O) groups is 2. The van der Waals surface area contributed by atoms with Crippen LogP contribution in [0.3, 0.4) is 0 Å². The minimum absolute atomic E-state index is 0.121. The van der Waals surface area contributed by atoms with Gasteiger partial charge in [0.2, 0.25) is 21.8 Å². The third-order valence-electron chi connectivity index (χ3n) is 5.49. The van der Waals surface area contributed by atoms with Crippen molar-refractivity contribution in [3.8, 4) is 5.75 Å². The number of hydrogen-bond donors (Lipinski definition) is 1. The standard InChI is InChI=1S/C24H32FN3O5S/c1-6-17(2)26-24(30)18(3)27(15-19-10-7-8-13-22(19)25)23(29)16-28(34(5,31)32)20-11-9-12-21(14-20)33-4/h7-14,17-18H,6,15-16H2,1-5H3,(H,26,30)/t17-,18+/m0/s1. The molecule has 2 aromatic rings. The molecule has 8 nitrogen and oxygen atoms in total. The number of ether oxygens (including phenoxy) is 1. The van der Waals surface area contributed by atoms with Gasteiger partial charge >= 0.3 is 0 Å². The summed E-state index contributed by atoms with van der Waals surface area (Å²) in [5.41, 5.74) is 0.448. The summed E-state index contributed by atoms with van der Waals surface area (Å²) in [5, 5.41) is 2.82. The molecule has 0 aromatic heterocycles. The SMILES string of the molecule is CC[C@H](C)NC(=O)[C@@H](C)N(Cc1ccccc1F)C(=O)CN(c1cccc(OC)c1)S(C)(=O)=O. The fourth-order valence-electron chi connectivity index (χ4n) is 3.24. The largest absolute Gasteiger partial charge is 0.497 e. The van der Waals surface area contributed by atoms with E-state index in [0.29, 0.717) is 12.2 Å². The van der Waals surface area contributed by atoms with Crippen LogP contribution in [0.15, 0.2) is 48.5 Å². The first kappa shape index (κ1) is 27.1. The summed E-state index contributed by atoms with van der Waals surface area (Å²) in [6.07, 6.45) is 1.68. The quantitative estimate of drug-likeness (QED) is 0.519. The van der Waals surface area contributed by atoms with Gasteiger partial charge in [0, 0.05) is 24.2 Å². The van der Waals surface area contributed by atoms with Gasteiger partial charge in [-0.25, -0.2) is 12.8 Å². The summed E-state index contributed by atoms with van der Waals surface area (Å²) in [6, 6.07) is 11.1. The Morgan fingerprint density at radius 2 is 1.79 bits per heavy atom. The molecular weight excluding hydrogens is 461 g/mol. The van der Waals surface area contributed by atoms with Crippen LogP contribution in [-0.2, 0) is 26.2 Å². The van der Waals surface area contributed by atoms with Crippen LogP contribution in [0.4, 0.5) is 10.1 Å². The zero-order valence-electron chi connectivity index (χ0n) is 20.1. The van der Waals surface area contributed by atoms with Crippen LogP contribution in [-0.4, -0.2) is 57.1 Å². The van der Waals surface area contributed by atoms with Gasteiger partial charge in [-0.3, -0.25) is 13.9 Å². The number of hydrogen-bond acceptors (Lipinski definition) is 5. The molecule has 0 saturated carbocycles. The number of nitrogens with one attached hydrogen (secondary N) is 1. The lowest BCUT2D eigenvalue weighted by molar-refractivity contribution is -0.139. The molecule has 0 heterocycles. The van der Waals surface area contributed by atoms with Crippen molar-refractivity contribution >= 4 is 27.5 Å². The van der Waals surface area contributed by atoms with E-state index in [0.717, 1.165) is 10.6 Å². The molecule has 0 saturated heterocycles. The van der Waals surface area contributed by atoms with Crippen molar-refractivity contribution in [1.82, 2.24) is 10.2 Å². The Kier molecular flexibility index (Phi) is 9.43. The Balaban J connectivity index is 2.41. The average Bonchev–Trinajstić information content (AvgIpc) is 2.80. The normalized spacial score (nSPS) is 13.0. The lowest BCUT2D eigenvalue weighted by Crippen LogP contribution is -2.52. The number of halogens is 1. The maximum absolute atomic E-state index is 14.4. The van der Waals surface area contributed by atoms with Crippen molar-refractivity contribution in [3.63, 3.8) is 0 Å². The van der Waals surface area contributed by atoms with E-state index >= 15 is 0 Å². The molecule has 0 spiro atoms. The van der Waals surface area contributed by atoms with Gasteiger partial charge in [-0.1, -0.05) is 31.2 Å². The van der Waals surface area contributed by atoms with E-state index in [4.69, 9.17) is 4.74 Å². The predicted octanol–water partition coefficient (Wildman–Crippen LogP) is 2.93. The maximum Gasteiger partial charge on any atom is 0.244 e. The summed E-state index contributed by atoms with van der Waals surface area (Å²) in [5.74, 6) is -1.17. The van der Waals surface area contributed by atoms with Gasteiger partial charge in [-0.2, -0.15) is 0 Å². The van der Waals surface area contributed by atoms with Crippen LogP contribution in [0, 0.1) is 5.82 Å². The number of anilines is 1. The maximum atomic E-state index is 14.4. The highest BCUT2D eigenvalue weighted by molar-refractivity contribution is 7.92. The molecule has 1 N–H and O–H groups in total. The van der Waals surface area contributed by atoms with Gasteiger partial charge in [0.15, 0.2) is 0 Å². The molecule has 0 aliphatic carbocycles. The van der Waals surface area contributed by atoms with Crippen molar-refractivity contribution in [2.24, 2.45) is 0 Å². The molecule has 0 fully saturated rings. The molecule has 34 heavy (non-hydrogen) atoms. The molecule has 10 heteroatoms. The fourth-order valence-corrected chi connectivity index (χ4v) is 4.08. The van der Waals surface area contributed by atoms with Crippen molar-refractivity contribution in [2.45, 2.75) is 45.8 Å². The van der Waals surface area contributed by atoms with Crippen molar-refractivity contribution in [2.75, 3.05) is 24.2 Å². The number of methoxy groups -OCH3 is 1. The van der Waals surface area contributed by atoms with Gasteiger partial charge in [0.1, 0.15) is 24.2 Å². The highest BCUT2D eigenvalue weighted by Crippen LogP contribution is 2.24. The second-order valence-corrected chi connectivity index (χ2v) is 9.98. The first-order valence-corrected chi connectivity index (χ1v) is 12.8. The molecule has 0 unspecified atom stereocenters.